The molecule has 27 heavy (non-hydrogen) atoms. The Balaban J connectivity index is 1.67. The number of para-hydroxylation sites is 2. The second-order valence-electron chi connectivity index (χ2n) is 6.45. The molecule has 0 aromatic heterocycles. The quantitative estimate of drug-likeness (QED) is 0.760. The van der Waals surface area contributed by atoms with Gasteiger partial charge in [0.1, 0.15) is 16.5 Å². The molecule has 2 aromatic carbocycles. The zero-order valence-corrected chi connectivity index (χ0v) is 15.7. The summed E-state index contributed by atoms with van der Waals surface area (Å²) in [5.74, 6) is -0.435. The number of benzene rings is 2. The molecule has 2 aliphatic rings. The summed E-state index contributed by atoms with van der Waals surface area (Å²) in [6.07, 6.45) is 0.806. The Bertz CT molecular complexity index is 954. The van der Waals surface area contributed by atoms with Gasteiger partial charge in [-0.15, -0.1) is 0 Å². The van der Waals surface area contributed by atoms with Crippen LogP contribution in [-0.4, -0.2) is 29.9 Å². The minimum absolute atomic E-state index is 0.0364. The molecule has 5 nitrogen and oxygen atoms in total. The molecule has 2 aromatic rings. The van der Waals surface area contributed by atoms with E-state index in [9.17, 15) is 9.59 Å². The van der Waals surface area contributed by atoms with E-state index in [4.69, 9.17) is 16.3 Å². The maximum Gasteiger partial charge on any atom is 0.283 e. The lowest BCUT2D eigenvalue weighted by molar-refractivity contribution is -0.121. The Hall–Kier alpha value is -2.79. The number of nitrogens with zero attached hydrogens (tertiary/aromatic N) is 2. The number of imide groups is 1. The third-order valence-electron chi connectivity index (χ3n) is 4.86. The molecule has 0 saturated carbocycles. The van der Waals surface area contributed by atoms with Crippen LogP contribution in [-0.2, 0) is 22.6 Å². The normalized spacial score (nSPS) is 16.8. The fourth-order valence-corrected chi connectivity index (χ4v) is 3.88. The molecule has 4 rings (SSSR count). The number of halogens is 1. The highest BCUT2D eigenvalue weighted by Gasteiger charge is 2.42. The highest BCUT2D eigenvalue weighted by atomic mass is 35.5. The van der Waals surface area contributed by atoms with Gasteiger partial charge >= 0.3 is 0 Å². The van der Waals surface area contributed by atoms with Gasteiger partial charge in [0.25, 0.3) is 11.8 Å². The zero-order valence-electron chi connectivity index (χ0n) is 14.9. The molecule has 0 bridgehead atoms. The molecule has 0 N–H and O–H groups in total. The molecule has 2 amide bonds. The van der Waals surface area contributed by atoms with Crippen LogP contribution in [0.3, 0.4) is 0 Å². The lowest BCUT2D eigenvalue weighted by Crippen LogP contribution is -2.37. The van der Waals surface area contributed by atoms with Crippen molar-refractivity contribution < 1.29 is 14.3 Å². The predicted octanol–water partition coefficient (Wildman–Crippen LogP) is 3.47. The molecule has 6 heteroatoms. The van der Waals surface area contributed by atoms with Crippen LogP contribution in [0.2, 0.25) is 0 Å². The van der Waals surface area contributed by atoms with E-state index in [0.29, 0.717) is 31.1 Å². The number of ether oxygens (including phenoxy) is 1. The lowest BCUT2D eigenvalue weighted by Gasteiger charge is -2.31. The predicted molar refractivity (Wildman–Crippen MR) is 104 cm³/mol. The van der Waals surface area contributed by atoms with Gasteiger partial charge in [0, 0.05) is 13.1 Å². The molecular weight excluding hydrogens is 364 g/mol. The Kier molecular flexibility index (Phi) is 4.62. The number of hydrogen-bond donors (Lipinski definition) is 0. The van der Waals surface area contributed by atoms with Crippen molar-refractivity contribution in [2.45, 2.75) is 19.9 Å². The smallest absolute Gasteiger partial charge is 0.283 e. The molecule has 0 unspecified atom stereocenters. The van der Waals surface area contributed by atoms with Gasteiger partial charge in [-0.25, -0.2) is 4.90 Å². The van der Waals surface area contributed by atoms with Crippen LogP contribution in [0.4, 0.5) is 5.69 Å². The molecule has 2 aliphatic heterocycles. The highest BCUT2D eigenvalue weighted by molar-refractivity contribution is 6.52. The zero-order chi connectivity index (χ0) is 19.0. The average molecular weight is 383 g/mol. The second-order valence-corrected chi connectivity index (χ2v) is 6.83. The first kappa shape index (κ1) is 17.6. The monoisotopic (exact) mass is 382 g/mol. The number of amides is 2. The van der Waals surface area contributed by atoms with Gasteiger partial charge in [0.15, 0.2) is 0 Å². The fraction of sp³-hybridized carbons (Fsp3) is 0.238. The van der Waals surface area contributed by atoms with Crippen LogP contribution < -0.4 is 9.64 Å². The maximum atomic E-state index is 13.2. The summed E-state index contributed by atoms with van der Waals surface area (Å²) in [6.45, 7) is 3.49. The van der Waals surface area contributed by atoms with Crippen LogP contribution in [0.5, 0.6) is 5.75 Å². The van der Waals surface area contributed by atoms with Gasteiger partial charge in [-0.2, -0.15) is 0 Å². The Morgan fingerprint density at radius 1 is 1.00 bits per heavy atom. The highest BCUT2D eigenvalue weighted by Crippen LogP contribution is 2.37. The van der Waals surface area contributed by atoms with Crippen molar-refractivity contribution in [1.29, 1.82) is 0 Å². The molecular formula is C21H19ClN2O3. The van der Waals surface area contributed by atoms with E-state index in [1.54, 1.807) is 24.3 Å². The lowest BCUT2D eigenvalue weighted by atomic mass is 9.99. The van der Waals surface area contributed by atoms with Crippen molar-refractivity contribution in [2.24, 2.45) is 0 Å². The number of fused-ring (bicyclic) bond motifs is 1. The van der Waals surface area contributed by atoms with Gasteiger partial charge in [-0.1, -0.05) is 48.0 Å². The fourth-order valence-electron chi connectivity index (χ4n) is 3.59. The summed E-state index contributed by atoms with van der Waals surface area (Å²) in [5.41, 5.74) is 3.09. The van der Waals surface area contributed by atoms with Crippen molar-refractivity contribution in [2.75, 3.05) is 18.1 Å². The molecule has 0 fully saturated rings. The SMILES string of the molecule is CCOc1ccccc1N1C(=O)C(Cl)=C(N2CCc3ccccc3C2)C1=O. The first-order valence-corrected chi connectivity index (χ1v) is 9.31. The number of hydrogen-bond acceptors (Lipinski definition) is 4. The van der Waals surface area contributed by atoms with Crippen LogP contribution >= 0.6 is 11.6 Å². The van der Waals surface area contributed by atoms with E-state index < -0.39 is 11.8 Å². The first-order valence-electron chi connectivity index (χ1n) is 8.94. The summed E-state index contributed by atoms with van der Waals surface area (Å²) < 4.78 is 5.59. The van der Waals surface area contributed by atoms with Crippen molar-refractivity contribution in [3.63, 3.8) is 0 Å². The van der Waals surface area contributed by atoms with E-state index >= 15 is 0 Å². The second kappa shape index (κ2) is 7.08. The van der Waals surface area contributed by atoms with Gasteiger partial charge < -0.3 is 9.64 Å². The minimum atomic E-state index is -0.511. The summed E-state index contributed by atoms with van der Waals surface area (Å²) in [6, 6.07) is 15.1. The first-order chi connectivity index (χ1) is 13.1. The molecule has 138 valence electrons. The summed E-state index contributed by atoms with van der Waals surface area (Å²) in [7, 11) is 0. The molecule has 2 heterocycles. The number of anilines is 1. The molecule has 0 atom stereocenters. The average Bonchev–Trinajstić information content (AvgIpc) is 2.91. The van der Waals surface area contributed by atoms with Gasteiger partial charge in [-0.3, -0.25) is 9.59 Å². The Morgan fingerprint density at radius 2 is 1.70 bits per heavy atom. The van der Waals surface area contributed by atoms with E-state index in [0.717, 1.165) is 16.9 Å². The third kappa shape index (κ3) is 2.98. The topological polar surface area (TPSA) is 49.9 Å². The number of rotatable bonds is 4. The van der Waals surface area contributed by atoms with Crippen molar-refractivity contribution >= 4 is 29.1 Å². The van der Waals surface area contributed by atoms with Crippen molar-refractivity contribution in [3.8, 4) is 5.75 Å². The van der Waals surface area contributed by atoms with Gasteiger partial charge in [0.05, 0.1) is 12.3 Å². The van der Waals surface area contributed by atoms with Crippen LogP contribution in [0, 0.1) is 0 Å². The van der Waals surface area contributed by atoms with E-state index in [1.165, 1.54) is 5.56 Å². The molecule has 0 radical (unpaired) electrons. The van der Waals surface area contributed by atoms with Crippen LogP contribution in [0.15, 0.2) is 59.3 Å². The van der Waals surface area contributed by atoms with Crippen molar-refractivity contribution in [3.05, 3.63) is 70.4 Å². The third-order valence-corrected chi connectivity index (χ3v) is 5.20. The molecule has 0 spiro atoms. The Morgan fingerprint density at radius 3 is 2.48 bits per heavy atom. The van der Waals surface area contributed by atoms with Crippen LogP contribution in [0.25, 0.3) is 0 Å². The van der Waals surface area contributed by atoms with Crippen molar-refractivity contribution in [1.82, 2.24) is 4.90 Å². The largest absolute Gasteiger partial charge is 0.492 e. The minimum Gasteiger partial charge on any atom is -0.492 e. The van der Waals surface area contributed by atoms with E-state index in [1.807, 2.05) is 30.0 Å². The van der Waals surface area contributed by atoms with E-state index in [2.05, 4.69) is 6.07 Å². The van der Waals surface area contributed by atoms with Gasteiger partial charge in [-0.05, 0) is 36.6 Å². The summed E-state index contributed by atoms with van der Waals surface area (Å²) >= 11 is 6.34. The van der Waals surface area contributed by atoms with Crippen LogP contribution in [0.1, 0.15) is 18.1 Å². The number of carbonyl (C=O) groups excluding carboxylic acids is 2. The Labute approximate surface area is 162 Å². The molecule has 0 saturated heterocycles. The van der Waals surface area contributed by atoms with E-state index in [-0.39, 0.29) is 10.7 Å². The standard InChI is InChI=1S/C21H19ClN2O3/c1-2-27-17-10-6-5-9-16(17)24-20(25)18(22)19(21(24)26)23-12-11-14-7-3-4-8-15(14)13-23/h3-10H,2,11-13H2,1H3. The maximum absolute atomic E-state index is 13.2. The van der Waals surface area contributed by atoms with Gasteiger partial charge in [0.2, 0.25) is 0 Å². The summed E-state index contributed by atoms with van der Waals surface area (Å²) in [5, 5.41) is -0.0364. The summed E-state index contributed by atoms with van der Waals surface area (Å²) in [4.78, 5) is 29.0. The molecule has 0 aliphatic carbocycles. The number of carbonyl (C=O) groups is 2.